The molecule has 2 heteroatoms. The molecule has 0 heterocycles. The van der Waals surface area contributed by atoms with Gasteiger partial charge in [0.15, 0.2) is 0 Å². The van der Waals surface area contributed by atoms with Gasteiger partial charge in [-0.05, 0) is 61.6 Å². The van der Waals surface area contributed by atoms with Crippen LogP contribution >= 0.6 is 0 Å². The molecule has 0 aliphatic heterocycles. The Kier molecular flexibility index (Phi) is 4.15. The summed E-state index contributed by atoms with van der Waals surface area (Å²) < 4.78 is 5.40. The average Bonchev–Trinajstić information content (AvgIpc) is 2.37. The molecule has 2 aromatic carbocycles. The van der Waals surface area contributed by atoms with Crippen LogP contribution in [0.1, 0.15) is 39.4 Å². The normalized spacial score (nSPS) is 12.3. The topological polar surface area (TPSA) is 35.2 Å². The summed E-state index contributed by atoms with van der Waals surface area (Å²) in [6.07, 6.45) is 0. The maximum Gasteiger partial charge on any atom is 0.122 e. The molecule has 2 aromatic rings. The second-order valence-corrected chi connectivity index (χ2v) is 5.52. The highest BCUT2D eigenvalue weighted by Gasteiger charge is 2.15. The lowest BCUT2D eigenvalue weighted by molar-refractivity contribution is 0.411. The molecule has 2 rings (SSSR count). The summed E-state index contributed by atoms with van der Waals surface area (Å²) in [6, 6.07) is 10.4. The van der Waals surface area contributed by atoms with Crippen LogP contribution in [0.5, 0.6) is 5.75 Å². The number of nitrogens with two attached hydrogens (primary N) is 1. The Bertz CT molecular complexity index is 608. The van der Waals surface area contributed by atoms with Crippen LogP contribution in [0.3, 0.4) is 0 Å². The maximum absolute atomic E-state index is 6.49. The molecule has 0 radical (unpaired) electrons. The van der Waals surface area contributed by atoms with Gasteiger partial charge in [0.25, 0.3) is 0 Å². The Morgan fingerprint density at radius 2 is 1.50 bits per heavy atom. The fourth-order valence-corrected chi connectivity index (χ4v) is 2.88. The first-order chi connectivity index (χ1) is 9.43. The van der Waals surface area contributed by atoms with E-state index < -0.39 is 0 Å². The van der Waals surface area contributed by atoms with Gasteiger partial charge in [-0.25, -0.2) is 0 Å². The molecule has 0 amide bonds. The third-order valence-electron chi connectivity index (χ3n) is 3.84. The minimum atomic E-state index is -0.120. The zero-order valence-electron chi connectivity index (χ0n) is 12.9. The van der Waals surface area contributed by atoms with E-state index in [4.69, 9.17) is 10.5 Å². The number of hydrogen-bond acceptors (Lipinski definition) is 2. The Morgan fingerprint density at radius 3 is 2.05 bits per heavy atom. The largest absolute Gasteiger partial charge is 0.496 e. The molecule has 1 atom stereocenters. The van der Waals surface area contributed by atoms with Crippen molar-refractivity contribution in [3.63, 3.8) is 0 Å². The Balaban J connectivity index is 2.49. The van der Waals surface area contributed by atoms with Gasteiger partial charge in [-0.2, -0.15) is 0 Å². The lowest BCUT2D eigenvalue weighted by atomic mass is 9.90. The second kappa shape index (κ2) is 5.68. The van der Waals surface area contributed by atoms with Gasteiger partial charge in [-0.1, -0.05) is 29.8 Å². The molecule has 0 fully saturated rings. The predicted molar refractivity (Wildman–Crippen MR) is 84.4 cm³/mol. The summed E-state index contributed by atoms with van der Waals surface area (Å²) in [6.45, 7) is 8.40. The Morgan fingerprint density at radius 1 is 0.900 bits per heavy atom. The third kappa shape index (κ3) is 2.70. The highest BCUT2D eigenvalue weighted by molar-refractivity contribution is 5.46. The van der Waals surface area contributed by atoms with Gasteiger partial charge in [0.05, 0.1) is 13.2 Å². The van der Waals surface area contributed by atoms with Gasteiger partial charge in [0.2, 0.25) is 0 Å². The Hall–Kier alpha value is -1.80. The van der Waals surface area contributed by atoms with E-state index in [1.807, 2.05) is 13.0 Å². The first-order valence-electron chi connectivity index (χ1n) is 6.92. The van der Waals surface area contributed by atoms with Crippen molar-refractivity contribution in [2.75, 3.05) is 7.11 Å². The summed E-state index contributed by atoms with van der Waals surface area (Å²) >= 11 is 0. The van der Waals surface area contributed by atoms with Crippen LogP contribution in [0.15, 0.2) is 30.3 Å². The third-order valence-corrected chi connectivity index (χ3v) is 3.84. The SMILES string of the molecule is COc1cc(C(N)c2c(C)cc(C)cc2C)ccc1C. The highest BCUT2D eigenvalue weighted by Crippen LogP contribution is 2.30. The molecule has 0 saturated heterocycles. The molecule has 0 aliphatic rings. The van der Waals surface area contributed by atoms with Crippen molar-refractivity contribution in [3.05, 3.63) is 63.7 Å². The van der Waals surface area contributed by atoms with Crippen molar-refractivity contribution in [1.82, 2.24) is 0 Å². The van der Waals surface area contributed by atoms with Crippen LogP contribution in [0, 0.1) is 27.7 Å². The van der Waals surface area contributed by atoms with Crippen molar-refractivity contribution in [1.29, 1.82) is 0 Å². The molecule has 0 spiro atoms. The fourth-order valence-electron chi connectivity index (χ4n) is 2.88. The number of hydrogen-bond donors (Lipinski definition) is 1. The lowest BCUT2D eigenvalue weighted by Crippen LogP contribution is -2.15. The molecule has 0 saturated carbocycles. The van der Waals surface area contributed by atoms with E-state index in [-0.39, 0.29) is 6.04 Å². The molecule has 2 N–H and O–H groups in total. The molecule has 1 unspecified atom stereocenters. The minimum Gasteiger partial charge on any atom is -0.496 e. The molecule has 20 heavy (non-hydrogen) atoms. The summed E-state index contributed by atoms with van der Waals surface area (Å²) in [5.74, 6) is 0.889. The van der Waals surface area contributed by atoms with Gasteiger partial charge in [-0.15, -0.1) is 0 Å². The van der Waals surface area contributed by atoms with Gasteiger partial charge in [0.1, 0.15) is 5.75 Å². The zero-order chi connectivity index (χ0) is 14.9. The summed E-state index contributed by atoms with van der Waals surface area (Å²) in [7, 11) is 1.69. The monoisotopic (exact) mass is 269 g/mol. The fraction of sp³-hybridized carbons (Fsp3) is 0.333. The van der Waals surface area contributed by atoms with E-state index in [0.29, 0.717) is 0 Å². The van der Waals surface area contributed by atoms with Crippen LogP contribution in [-0.2, 0) is 0 Å². The molecular formula is C18H23NO. The second-order valence-electron chi connectivity index (χ2n) is 5.52. The van der Waals surface area contributed by atoms with Crippen molar-refractivity contribution >= 4 is 0 Å². The molecule has 0 aromatic heterocycles. The number of rotatable bonds is 3. The van der Waals surface area contributed by atoms with Gasteiger partial charge in [-0.3, -0.25) is 0 Å². The molecule has 2 nitrogen and oxygen atoms in total. The summed E-state index contributed by atoms with van der Waals surface area (Å²) in [4.78, 5) is 0. The van der Waals surface area contributed by atoms with Crippen molar-refractivity contribution < 1.29 is 4.74 Å². The predicted octanol–water partition coefficient (Wildman–Crippen LogP) is 3.98. The standard InChI is InChI=1S/C18H23NO/c1-11-8-13(3)17(14(4)9-11)18(19)15-7-6-12(2)16(10-15)20-5/h6-10,18H,19H2,1-5H3. The van der Waals surface area contributed by atoms with E-state index in [1.54, 1.807) is 7.11 Å². The smallest absolute Gasteiger partial charge is 0.122 e. The highest BCUT2D eigenvalue weighted by atomic mass is 16.5. The van der Waals surface area contributed by atoms with Crippen molar-refractivity contribution in [2.24, 2.45) is 5.73 Å². The van der Waals surface area contributed by atoms with E-state index in [0.717, 1.165) is 16.9 Å². The van der Waals surface area contributed by atoms with E-state index in [1.165, 1.54) is 22.3 Å². The molecular weight excluding hydrogens is 246 g/mol. The molecule has 106 valence electrons. The first-order valence-corrected chi connectivity index (χ1v) is 6.92. The van der Waals surface area contributed by atoms with Crippen molar-refractivity contribution in [2.45, 2.75) is 33.7 Å². The van der Waals surface area contributed by atoms with Gasteiger partial charge in [0, 0.05) is 0 Å². The summed E-state index contributed by atoms with van der Waals surface area (Å²) in [5, 5.41) is 0. The van der Waals surface area contributed by atoms with Crippen LogP contribution in [0.4, 0.5) is 0 Å². The summed E-state index contributed by atoms with van der Waals surface area (Å²) in [5.41, 5.74) is 13.7. The number of aryl methyl sites for hydroxylation is 4. The Labute approximate surface area is 121 Å². The number of ether oxygens (including phenoxy) is 1. The average molecular weight is 269 g/mol. The lowest BCUT2D eigenvalue weighted by Gasteiger charge is -2.20. The van der Waals surface area contributed by atoms with Crippen LogP contribution < -0.4 is 10.5 Å². The number of benzene rings is 2. The van der Waals surface area contributed by atoms with Crippen LogP contribution in [0.25, 0.3) is 0 Å². The van der Waals surface area contributed by atoms with E-state index in [2.05, 4.69) is 45.0 Å². The van der Waals surface area contributed by atoms with Crippen molar-refractivity contribution in [3.8, 4) is 5.75 Å². The van der Waals surface area contributed by atoms with E-state index >= 15 is 0 Å². The van der Waals surface area contributed by atoms with Crippen LogP contribution in [0.2, 0.25) is 0 Å². The molecule has 0 aliphatic carbocycles. The number of methoxy groups -OCH3 is 1. The first kappa shape index (κ1) is 14.6. The maximum atomic E-state index is 6.49. The quantitative estimate of drug-likeness (QED) is 0.914. The van der Waals surface area contributed by atoms with Gasteiger partial charge >= 0.3 is 0 Å². The van der Waals surface area contributed by atoms with E-state index in [9.17, 15) is 0 Å². The van der Waals surface area contributed by atoms with Crippen LogP contribution in [-0.4, -0.2) is 7.11 Å². The minimum absolute atomic E-state index is 0.120. The van der Waals surface area contributed by atoms with Gasteiger partial charge < -0.3 is 10.5 Å². The zero-order valence-corrected chi connectivity index (χ0v) is 12.9. The molecule has 0 bridgehead atoms.